The summed E-state index contributed by atoms with van der Waals surface area (Å²) in [5.41, 5.74) is 0.378. The smallest absolute Gasteiger partial charge is 0.253 e. The van der Waals surface area contributed by atoms with E-state index >= 15 is 0 Å². The predicted molar refractivity (Wildman–Crippen MR) is 64.9 cm³/mol. The molecular formula is C13H12F2N2O2. The zero-order valence-electron chi connectivity index (χ0n) is 10.5. The molecule has 100 valence electrons. The first-order valence-electron chi connectivity index (χ1n) is 5.59. The number of hydrogen-bond acceptors (Lipinski definition) is 3. The highest BCUT2D eigenvalue weighted by Crippen LogP contribution is 2.16. The van der Waals surface area contributed by atoms with E-state index in [1.165, 1.54) is 16.7 Å². The van der Waals surface area contributed by atoms with Crippen molar-refractivity contribution in [1.82, 2.24) is 9.55 Å². The molecule has 0 bridgehead atoms. The van der Waals surface area contributed by atoms with Crippen molar-refractivity contribution >= 4 is 0 Å². The first-order chi connectivity index (χ1) is 8.97. The maximum atomic E-state index is 13.0. The molecule has 0 atom stereocenters. The maximum absolute atomic E-state index is 13.0. The van der Waals surface area contributed by atoms with Crippen molar-refractivity contribution in [3.8, 4) is 5.75 Å². The Labute approximate surface area is 108 Å². The van der Waals surface area contributed by atoms with Crippen LogP contribution in [0.4, 0.5) is 8.78 Å². The molecule has 0 N–H and O–H groups in total. The second kappa shape index (κ2) is 5.17. The van der Waals surface area contributed by atoms with Gasteiger partial charge in [0.1, 0.15) is 18.2 Å². The summed E-state index contributed by atoms with van der Waals surface area (Å²) in [5, 5.41) is 0. The number of halogens is 2. The Morgan fingerprint density at radius 2 is 2.00 bits per heavy atom. The number of benzene rings is 1. The molecule has 0 aliphatic carbocycles. The van der Waals surface area contributed by atoms with Crippen LogP contribution in [-0.2, 0) is 13.7 Å². The third-order valence-electron chi connectivity index (χ3n) is 2.61. The summed E-state index contributed by atoms with van der Waals surface area (Å²) in [6.07, 6.45) is 0. The lowest BCUT2D eigenvalue weighted by Gasteiger charge is -2.10. The molecule has 0 saturated carbocycles. The quantitative estimate of drug-likeness (QED) is 0.852. The molecule has 1 aromatic carbocycles. The standard InChI is InChI=1S/C13H12F2N2O2/c1-8-5-13(18)17(2)12(16-8)7-19-9-3-4-10(14)11(15)6-9/h3-6H,7H2,1-2H3. The lowest BCUT2D eigenvalue weighted by atomic mass is 10.3. The average molecular weight is 266 g/mol. The molecule has 0 radical (unpaired) electrons. The number of aromatic nitrogens is 2. The van der Waals surface area contributed by atoms with Gasteiger partial charge in [0.05, 0.1) is 0 Å². The largest absolute Gasteiger partial charge is 0.486 e. The summed E-state index contributed by atoms with van der Waals surface area (Å²) < 4.78 is 32.4. The van der Waals surface area contributed by atoms with Gasteiger partial charge in [-0.2, -0.15) is 0 Å². The Bertz CT molecular complexity index is 668. The maximum Gasteiger partial charge on any atom is 0.253 e. The summed E-state index contributed by atoms with van der Waals surface area (Å²) in [6.45, 7) is 1.70. The molecule has 1 heterocycles. The summed E-state index contributed by atoms with van der Waals surface area (Å²) in [4.78, 5) is 15.7. The summed E-state index contributed by atoms with van der Waals surface area (Å²) in [7, 11) is 1.57. The molecule has 0 spiro atoms. The highest BCUT2D eigenvalue weighted by Gasteiger charge is 2.07. The fourth-order valence-corrected chi connectivity index (χ4v) is 1.56. The number of rotatable bonds is 3. The Balaban J connectivity index is 2.19. The molecule has 0 saturated heterocycles. The minimum Gasteiger partial charge on any atom is -0.486 e. The summed E-state index contributed by atoms with van der Waals surface area (Å²) in [6, 6.07) is 4.64. The van der Waals surface area contributed by atoms with Gasteiger partial charge in [-0.1, -0.05) is 0 Å². The molecule has 19 heavy (non-hydrogen) atoms. The van der Waals surface area contributed by atoms with Crippen LogP contribution in [0.3, 0.4) is 0 Å². The fraction of sp³-hybridized carbons (Fsp3) is 0.231. The Morgan fingerprint density at radius 1 is 1.26 bits per heavy atom. The second-order valence-electron chi connectivity index (χ2n) is 4.08. The van der Waals surface area contributed by atoms with Crippen LogP contribution in [0.15, 0.2) is 29.1 Å². The average Bonchev–Trinajstić information content (AvgIpc) is 2.36. The highest BCUT2D eigenvalue weighted by atomic mass is 19.2. The van der Waals surface area contributed by atoms with Gasteiger partial charge >= 0.3 is 0 Å². The molecule has 0 unspecified atom stereocenters. The van der Waals surface area contributed by atoms with Crippen LogP contribution in [0.25, 0.3) is 0 Å². The topological polar surface area (TPSA) is 44.1 Å². The molecule has 4 nitrogen and oxygen atoms in total. The van der Waals surface area contributed by atoms with E-state index < -0.39 is 11.6 Å². The van der Waals surface area contributed by atoms with Gasteiger partial charge in [0.15, 0.2) is 11.6 Å². The van der Waals surface area contributed by atoms with E-state index in [1.54, 1.807) is 14.0 Å². The Hall–Kier alpha value is -2.24. The Morgan fingerprint density at radius 3 is 2.68 bits per heavy atom. The van der Waals surface area contributed by atoms with Gasteiger partial charge in [-0.25, -0.2) is 13.8 Å². The van der Waals surface area contributed by atoms with Crippen LogP contribution in [0.5, 0.6) is 5.75 Å². The number of aryl methyl sites for hydroxylation is 1. The summed E-state index contributed by atoms with van der Waals surface area (Å²) in [5.74, 6) is -1.33. The SMILES string of the molecule is Cc1cc(=O)n(C)c(COc2ccc(F)c(F)c2)n1. The molecule has 2 aromatic rings. The number of ether oxygens (including phenoxy) is 1. The summed E-state index contributed by atoms with van der Waals surface area (Å²) >= 11 is 0. The molecule has 0 aliphatic rings. The van der Waals surface area contributed by atoms with Crippen LogP contribution in [0, 0.1) is 18.6 Å². The van der Waals surface area contributed by atoms with Gasteiger partial charge in [-0.3, -0.25) is 9.36 Å². The zero-order chi connectivity index (χ0) is 14.0. The van der Waals surface area contributed by atoms with Gasteiger partial charge in [-0.05, 0) is 19.1 Å². The van der Waals surface area contributed by atoms with Crippen LogP contribution in [-0.4, -0.2) is 9.55 Å². The highest BCUT2D eigenvalue weighted by molar-refractivity contribution is 5.23. The van der Waals surface area contributed by atoms with E-state index in [-0.39, 0.29) is 17.9 Å². The first kappa shape index (κ1) is 13.2. The van der Waals surface area contributed by atoms with Crippen LogP contribution >= 0.6 is 0 Å². The van der Waals surface area contributed by atoms with Crippen molar-refractivity contribution in [3.63, 3.8) is 0 Å². The molecule has 0 amide bonds. The number of nitrogens with zero attached hydrogens (tertiary/aromatic N) is 2. The lowest BCUT2D eigenvalue weighted by Crippen LogP contribution is -2.23. The molecular weight excluding hydrogens is 254 g/mol. The van der Waals surface area contributed by atoms with Crippen molar-refractivity contribution < 1.29 is 13.5 Å². The van der Waals surface area contributed by atoms with E-state index in [2.05, 4.69) is 4.98 Å². The van der Waals surface area contributed by atoms with Crippen molar-refractivity contribution in [3.05, 3.63) is 57.8 Å². The van der Waals surface area contributed by atoms with E-state index in [4.69, 9.17) is 4.74 Å². The van der Waals surface area contributed by atoms with E-state index in [0.717, 1.165) is 12.1 Å². The van der Waals surface area contributed by atoms with Crippen molar-refractivity contribution in [2.24, 2.45) is 7.05 Å². The number of hydrogen-bond donors (Lipinski definition) is 0. The predicted octanol–water partition coefficient (Wildman–Crippen LogP) is 1.95. The molecule has 6 heteroatoms. The third-order valence-corrected chi connectivity index (χ3v) is 2.61. The van der Waals surface area contributed by atoms with Gasteiger partial charge in [0, 0.05) is 24.9 Å². The van der Waals surface area contributed by atoms with E-state index in [0.29, 0.717) is 11.5 Å². The fourth-order valence-electron chi connectivity index (χ4n) is 1.56. The van der Waals surface area contributed by atoms with Crippen LogP contribution in [0.1, 0.15) is 11.5 Å². The molecule has 2 rings (SSSR count). The zero-order valence-corrected chi connectivity index (χ0v) is 10.5. The normalized spacial score (nSPS) is 10.5. The van der Waals surface area contributed by atoms with Crippen molar-refractivity contribution in [2.75, 3.05) is 0 Å². The van der Waals surface area contributed by atoms with Crippen LogP contribution in [0.2, 0.25) is 0 Å². The lowest BCUT2D eigenvalue weighted by molar-refractivity contribution is 0.286. The molecule has 1 aromatic heterocycles. The molecule has 0 aliphatic heterocycles. The van der Waals surface area contributed by atoms with Crippen molar-refractivity contribution in [2.45, 2.75) is 13.5 Å². The van der Waals surface area contributed by atoms with Crippen molar-refractivity contribution in [1.29, 1.82) is 0 Å². The third kappa shape index (κ3) is 2.96. The van der Waals surface area contributed by atoms with Crippen LogP contribution < -0.4 is 10.3 Å². The monoisotopic (exact) mass is 266 g/mol. The molecule has 0 fully saturated rings. The van der Waals surface area contributed by atoms with Gasteiger partial charge < -0.3 is 4.74 Å². The van der Waals surface area contributed by atoms with Gasteiger partial charge in [0.2, 0.25) is 0 Å². The first-order valence-corrected chi connectivity index (χ1v) is 5.59. The van der Waals surface area contributed by atoms with Gasteiger partial charge in [-0.15, -0.1) is 0 Å². The van der Waals surface area contributed by atoms with E-state index in [9.17, 15) is 13.6 Å². The minimum absolute atomic E-state index is 0.00150. The minimum atomic E-state index is -0.983. The van der Waals surface area contributed by atoms with E-state index in [1.807, 2.05) is 0 Å². The second-order valence-corrected chi connectivity index (χ2v) is 4.08. The Kier molecular flexibility index (Phi) is 3.59. The van der Waals surface area contributed by atoms with Gasteiger partial charge in [0.25, 0.3) is 5.56 Å².